The number of anilines is 1. The van der Waals surface area contributed by atoms with Gasteiger partial charge in [-0.1, -0.05) is 22.0 Å². The van der Waals surface area contributed by atoms with Gasteiger partial charge in [-0.05, 0) is 18.2 Å². The molecular weight excluding hydrogens is 272 g/mol. The van der Waals surface area contributed by atoms with Crippen LogP contribution in [0.2, 0.25) is 0 Å². The molecule has 2 nitrogen and oxygen atoms in total. The summed E-state index contributed by atoms with van der Waals surface area (Å²) in [4.78, 5) is 4.23. The van der Waals surface area contributed by atoms with Gasteiger partial charge >= 0.3 is 0 Å². The standard InChI is InChI=1S/C11H11BrN2S/c12-9-2-1-3-10(8-9)13-5-4-11-14-6-7-15-11/h1-3,6-8,13H,4-5H2. The summed E-state index contributed by atoms with van der Waals surface area (Å²) in [6.45, 7) is 0.921. The van der Waals surface area contributed by atoms with E-state index in [1.54, 1.807) is 11.3 Å². The summed E-state index contributed by atoms with van der Waals surface area (Å²) >= 11 is 5.14. The molecule has 4 heteroatoms. The number of nitrogens with zero attached hydrogens (tertiary/aromatic N) is 1. The highest BCUT2D eigenvalue weighted by Gasteiger charge is 1.96. The fourth-order valence-electron chi connectivity index (χ4n) is 1.29. The van der Waals surface area contributed by atoms with Crippen LogP contribution < -0.4 is 5.32 Å². The Labute approximate surface area is 101 Å². The fourth-order valence-corrected chi connectivity index (χ4v) is 2.31. The molecule has 0 unspecified atom stereocenters. The molecule has 0 spiro atoms. The minimum atomic E-state index is 0.921. The Morgan fingerprint density at radius 2 is 2.33 bits per heavy atom. The molecule has 1 aromatic carbocycles. The summed E-state index contributed by atoms with van der Waals surface area (Å²) in [6, 6.07) is 8.18. The van der Waals surface area contributed by atoms with E-state index in [-0.39, 0.29) is 0 Å². The zero-order valence-electron chi connectivity index (χ0n) is 8.11. The molecular formula is C11H11BrN2S. The predicted molar refractivity (Wildman–Crippen MR) is 68.4 cm³/mol. The highest BCUT2D eigenvalue weighted by atomic mass is 79.9. The van der Waals surface area contributed by atoms with Gasteiger partial charge in [-0.2, -0.15) is 0 Å². The van der Waals surface area contributed by atoms with Crippen molar-refractivity contribution in [2.24, 2.45) is 0 Å². The number of benzene rings is 1. The van der Waals surface area contributed by atoms with E-state index < -0.39 is 0 Å². The molecule has 0 aliphatic heterocycles. The molecule has 1 N–H and O–H groups in total. The summed E-state index contributed by atoms with van der Waals surface area (Å²) in [7, 11) is 0. The van der Waals surface area contributed by atoms with Gasteiger partial charge in [-0.3, -0.25) is 0 Å². The maximum atomic E-state index is 4.23. The van der Waals surface area contributed by atoms with Gasteiger partial charge in [0.05, 0.1) is 5.01 Å². The van der Waals surface area contributed by atoms with Crippen LogP contribution in [-0.2, 0) is 6.42 Å². The maximum Gasteiger partial charge on any atom is 0.0942 e. The molecule has 78 valence electrons. The lowest BCUT2D eigenvalue weighted by atomic mass is 10.3. The average molecular weight is 283 g/mol. The van der Waals surface area contributed by atoms with Crippen LogP contribution in [-0.4, -0.2) is 11.5 Å². The van der Waals surface area contributed by atoms with Gasteiger partial charge in [0.15, 0.2) is 0 Å². The maximum absolute atomic E-state index is 4.23. The lowest BCUT2D eigenvalue weighted by Crippen LogP contribution is -2.04. The van der Waals surface area contributed by atoms with Crippen molar-refractivity contribution < 1.29 is 0 Å². The Morgan fingerprint density at radius 3 is 3.07 bits per heavy atom. The third kappa shape index (κ3) is 3.32. The third-order valence-corrected chi connectivity index (χ3v) is 3.31. The van der Waals surface area contributed by atoms with E-state index >= 15 is 0 Å². The number of hydrogen-bond acceptors (Lipinski definition) is 3. The van der Waals surface area contributed by atoms with Crippen LogP contribution in [0.4, 0.5) is 5.69 Å². The highest BCUT2D eigenvalue weighted by molar-refractivity contribution is 9.10. The lowest BCUT2D eigenvalue weighted by molar-refractivity contribution is 0.998. The largest absolute Gasteiger partial charge is 0.385 e. The molecule has 1 heterocycles. The van der Waals surface area contributed by atoms with Crippen LogP contribution in [0.25, 0.3) is 0 Å². The number of rotatable bonds is 4. The van der Waals surface area contributed by atoms with Gasteiger partial charge in [0.2, 0.25) is 0 Å². The number of aromatic nitrogens is 1. The van der Waals surface area contributed by atoms with Gasteiger partial charge in [0.25, 0.3) is 0 Å². The van der Waals surface area contributed by atoms with Crippen molar-refractivity contribution in [3.05, 3.63) is 45.3 Å². The Morgan fingerprint density at radius 1 is 1.40 bits per heavy atom. The smallest absolute Gasteiger partial charge is 0.0942 e. The van der Waals surface area contributed by atoms with Crippen LogP contribution in [0.1, 0.15) is 5.01 Å². The van der Waals surface area contributed by atoms with E-state index in [0.717, 1.165) is 23.1 Å². The third-order valence-electron chi connectivity index (χ3n) is 1.98. The van der Waals surface area contributed by atoms with Crippen molar-refractivity contribution in [3.63, 3.8) is 0 Å². The summed E-state index contributed by atoms with van der Waals surface area (Å²) in [5.41, 5.74) is 1.14. The van der Waals surface area contributed by atoms with Crippen molar-refractivity contribution >= 4 is 33.0 Å². The molecule has 0 fully saturated rings. The minimum absolute atomic E-state index is 0.921. The number of nitrogens with one attached hydrogen (secondary N) is 1. The van der Waals surface area contributed by atoms with E-state index in [4.69, 9.17) is 0 Å². The molecule has 15 heavy (non-hydrogen) atoms. The summed E-state index contributed by atoms with van der Waals surface area (Å²) in [5.74, 6) is 0. The molecule has 0 radical (unpaired) electrons. The normalized spacial score (nSPS) is 10.2. The number of thiazole rings is 1. The van der Waals surface area contributed by atoms with Crippen molar-refractivity contribution in [1.82, 2.24) is 4.98 Å². The Bertz CT molecular complexity index is 414. The van der Waals surface area contributed by atoms with Gasteiger partial charge < -0.3 is 5.32 Å². The molecule has 1 aromatic heterocycles. The average Bonchev–Trinajstić information content (AvgIpc) is 2.71. The zero-order valence-corrected chi connectivity index (χ0v) is 10.5. The van der Waals surface area contributed by atoms with Crippen molar-refractivity contribution in [1.29, 1.82) is 0 Å². The van der Waals surface area contributed by atoms with Gasteiger partial charge in [0.1, 0.15) is 0 Å². The molecule has 2 rings (SSSR count). The fraction of sp³-hybridized carbons (Fsp3) is 0.182. The molecule has 0 saturated heterocycles. The summed E-state index contributed by atoms with van der Waals surface area (Å²) in [6.07, 6.45) is 2.82. The first kappa shape index (κ1) is 10.6. The van der Waals surface area contributed by atoms with Gasteiger partial charge in [-0.25, -0.2) is 4.98 Å². The van der Waals surface area contributed by atoms with Crippen molar-refractivity contribution in [3.8, 4) is 0 Å². The van der Waals surface area contributed by atoms with Crippen molar-refractivity contribution in [2.45, 2.75) is 6.42 Å². The Kier molecular flexibility index (Phi) is 3.75. The number of halogens is 1. The molecule has 0 amide bonds. The van der Waals surface area contributed by atoms with E-state index in [0.29, 0.717) is 0 Å². The van der Waals surface area contributed by atoms with Crippen LogP contribution in [0.3, 0.4) is 0 Å². The quantitative estimate of drug-likeness (QED) is 0.928. The van der Waals surface area contributed by atoms with E-state index in [9.17, 15) is 0 Å². The molecule has 0 aliphatic carbocycles. The second-order valence-electron chi connectivity index (χ2n) is 3.11. The van der Waals surface area contributed by atoms with Gasteiger partial charge in [-0.15, -0.1) is 11.3 Å². The van der Waals surface area contributed by atoms with Crippen molar-refractivity contribution in [2.75, 3.05) is 11.9 Å². The molecule has 0 saturated carbocycles. The second kappa shape index (κ2) is 5.28. The monoisotopic (exact) mass is 282 g/mol. The Balaban J connectivity index is 1.83. The van der Waals surface area contributed by atoms with Crippen LogP contribution in [0.15, 0.2) is 40.3 Å². The summed E-state index contributed by atoms with van der Waals surface area (Å²) < 4.78 is 1.10. The SMILES string of the molecule is Brc1cccc(NCCc2nccs2)c1. The van der Waals surface area contributed by atoms with Crippen LogP contribution >= 0.6 is 27.3 Å². The second-order valence-corrected chi connectivity index (χ2v) is 5.01. The van der Waals surface area contributed by atoms with E-state index in [1.807, 2.05) is 23.7 Å². The minimum Gasteiger partial charge on any atom is -0.385 e. The first-order chi connectivity index (χ1) is 7.34. The summed E-state index contributed by atoms with van der Waals surface area (Å²) in [5, 5.41) is 6.55. The lowest BCUT2D eigenvalue weighted by Gasteiger charge is -2.04. The van der Waals surface area contributed by atoms with E-state index in [1.165, 1.54) is 5.01 Å². The first-order valence-electron chi connectivity index (χ1n) is 4.72. The highest BCUT2D eigenvalue weighted by Crippen LogP contribution is 2.15. The predicted octanol–water partition coefficient (Wildman–Crippen LogP) is 3.56. The van der Waals surface area contributed by atoms with Gasteiger partial charge in [0, 0.05) is 34.7 Å². The molecule has 2 aromatic rings. The first-order valence-corrected chi connectivity index (χ1v) is 6.40. The topological polar surface area (TPSA) is 24.9 Å². The Hall–Kier alpha value is -0.870. The molecule has 0 bridgehead atoms. The molecule has 0 aliphatic rings. The van der Waals surface area contributed by atoms with Crippen LogP contribution in [0.5, 0.6) is 0 Å². The van der Waals surface area contributed by atoms with E-state index in [2.05, 4.69) is 38.4 Å². The number of hydrogen-bond donors (Lipinski definition) is 1. The van der Waals surface area contributed by atoms with Crippen LogP contribution in [0, 0.1) is 0 Å². The zero-order chi connectivity index (χ0) is 10.5. The molecule has 0 atom stereocenters.